The second-order valence-corrected chi connectivity index (χ2v) is 8.98. The lowest BCUT2D eigenvalue weighted by Gasteiger charge is -2.21. The Labute approximate surface area is 201 Å². The number of hydrogen-bond acceptors (Lipinski definition) is 3. The van der Waals surface area contributed by atoms with Gasteiger partial charge in [-0.2, -0.15) is 0 Å². The van der Waals surface area contributed by atoms with Gasteiger partial charge in [-0.25, -0.2) is 4.39 Å². The normalized spacial score (nSPS) is 12.9. The summed E-state index contributed by atoms with van der Waals surface area (Å²) in [6, 6.07) is 12.4. The summed E-state index contributed by atoms with van der Waals surface area (Å²) in [5.41, 5.74) is 6.47. The Kier molecular flexibility index (Phi) is 7.25. The van der Waals surface area contributed by atoms with Gasteiger partial charge in [0, 0.05) is 25.8 Å². The van der Waals surface area contributed by atoms with Gasteiger partial charge in [0.05, 0.1) is 14.2 Å². The Hall–Kier alpha value is -3.28. The van der Waals surface area contributed by atoms with E-state index in [0.29, 0.717) is 31.0 Å². The number of fused-ring (bicyclic) bond motifs is 1. The standard InChI is InChI=1S/C28H33FN2O3/c1-19-23-7-5-6-8-24(23)31(18-21-9-12-22(29)13-10-21)27(19)28(32)30(2)16-15-20-11-14-25(33-3)26(17-20)34-4/h9-14,17H,5-8,15-16,18H2,1-4H3. The van der Waals surface area contributed by atoms with Gasteiger partial charge < -0.3 is 18.9 Å². The van der Waals surface area contributed by atoms with Gasteiger partial charge in [-0.1, -0.05) is 18.2 Å². The van der Waals surface area contributed by atoms with E-state index in [1.807, 2.05) is 25.2 Å². The molecule has 0 radical (unpaired) electrons. The van der Waals surface area contributed by atoms with Gasteiger partial charge in [0.25, 0.3) is 5.91 Å². The zero-order chi connectivity index (χ0) is 24.2. The van der Waals surface area contributed by atoms with Crippen LogP contribution in [-0.2, 0) is 25.8 Å². The van der Waals surface area contributed by atoms with Crippen LogP contribution in [0.1, 0.15) is 51.3 Å². The zero-order valence-electron chi connectivity index (χ0n) is 20.5. The van der Waals surface area contributed by atoms with Gasteiger partial charge in [0.2, 0.25) is 0 Å². The number of hydrogen-bond donors (Lipinski definition) is 0. The van der Waals surface area contributed by atoms with Crippen LogP contribution in [0.2, 0.25) is 0 Å². The summed E-state index contributed by atoms with van der Waals surface area (Å²) in [6.07, 6.45) is 4.97. The molecule has 1 heterocycles. The van der Waals surface area contributed by atoms with Crippen LogP contribution in [0.3, 0.4) is 0 Å². The molecule has 1 aliphatic carbocycles. The largest absolute Gasteiger partial charge is 0.493 e. The summed E-state index contributed by atoms with van der Waals surface area (Å²) in [4.78, 5) is 15.5. The molecule has 0 N–H and O–H groups in total. The van der Waals surface area contributed by atoms with Crippen molar-refractivity contribution in [3.8, 4) is 11.5 Å². The number of amides is 1. The number of halogens is 1. The van der Waals surface area contributed by atoms with Crippen LogP contribution in [-0.4, -0.2) is 43.2 Å². The number of carbonyl (C=O) groups is 1. The van der Waals surface area contributed by atoms with Crippen molar-refractivity contribution in [3.05, 3.63) is 81.9 Å². The fourth-order valence-corrected chi connectivity index (χ4v) is 4.91. The maximum absolute atomic E-state index is 13.7. The number of aromatic nitrogens is 1. The van der Waals surface area contributed by atoms with E-state index < -0.39 is 0 Å². The lowest BCUT2D eigenvalue weighted by molar-refractivity contribution is 0.0785. The van der Waals surface area contributed by atoms with Crippen molar-refractivity contribution in [2.24, 2.45) is 0 Å². The van der Waals surface area contributed by atoms with E-state index >= 15 is 0 Å². The fraction of sp³-hybridized carbons (Fsp3) is 0.393. The third kappa shape index (κ3) is 4.81. The van der Waals surface area contributed by atoms with E-state index in [-0.39, 0.29) is 11.7 Å². The third-order valence-corrected chi connectivity index (χ3v) is 6.83. The molecule has 3 aromatic rings. The summed E-state index contributed by atoms with van der Waals surface area (Å²) >= 11 is 0. The molecule has 1 aromatic heterocycles. The van der Waals surface area contributed by atoms with Crippen molar-refractivity contribution < 1.29 is 18.7 Å². The minimum absolute atomic E-state index is 0.0227. The van der Waals surface area contributed by atoms with Crippen molar-refractivity contribution in [1.82, 2.24) is 9.47 Å². The van der Waals surface area contributed by atoms with E-state index in [4.69, 9.17) is 9.47 Å². The Morgan fingerprint density at radius 1 is 1.00 bits per heavy atom. The van der Waals surface area contributed by atoms with Gasteiger partial charge in [-0.15, -0.1) is 0 Å². The molecule has 34 heavy (non-hydrogen) atoms. The van der Waals surface area contributed by atoms with Crippen LogP contribution < -0.4 is 9.47 Å². The van der Waals surface area contributed by atoms with Crippen molar-refractivity contribution in [3.63, 3.8) is 0 Å². The fourth-order valence-electron chi connectivity index (χ4n) is 4.91. The highest BCUT2D eigenvalue weighted by Crippen LogP contribution is 2.32. The average molecular weight is 465 g/mol. The monoisotopic (exact) mass is 464 g/mol. The maximum atomic E-state index is 13.7. The lowest BCUT2D eigenvalue weighted by atomic mass is 9.95. The molecular formula is C28H33FN2O3. The Bertz CT molecular complexity index is 1170. The van der Waals surface area contributed by atoms with Crippen LogP contribution in [0.15, 0.2) is 42.5 Å². The molecule has 4 rings (SSSR count). The number of rotatable bonds is 8. The molecule has 2 aromatic carbocycles. The number of methoxy groups -OCH3 is 2. The number of carbonyl (C=O) groups excluding carboxylic acids is 1. The van der Waals surface area contributed by atoms with Gasteiger partial charge in [-0.05, 0) is 85.5 Å². The number of likely N-dealkylation sites (N-methyl/N-ethyl adjacent to an activating group) is 1. The van der Waals surface area contributed by atoms with E-state index in [2.05, 4.69) is 11.5 Å². The molecule has 1 amide bonds. The minimum atomic E-state index is -0.249. The minimum Gasteiger partial charge on any atom is -0.493 e. The summed E-state index contributed by atoms with van der Waals surface area (Å²) in [5, 5.41) is 0. The highest BCUT2D eigenvalue weighted by Gasteiger charge is 2.28. The first-order chi connectivity index (χ1) is 16.4. The molecule has 180 valence electrons. The Balaban J connectivity index is 1.58. The first kappa shape index (κ1) is 23.9. The van der Waals surface area contributed by atoms with Crippen molar-refractivity contribution in [1.29, 1.82) is 0 Å². The van der Waals surface area contributed by atoms with Gasteiger partial charge in [0.15, 0.2) is 11.5 Å². The first-order valence-electron chi connectivity index (χ1n) is 11.8. The van der Waals surface area contributed by atoms with Crippen molar-refractivity contribution in [2.45, 2.75) is 45.6 Å². The highest BCUT2D eigenvalue weighted by molar-refractivity contribution is 5.95. The molecule has 5 nitrogen and oxygen atoms in total. The molecular weight excluding hydrogens is 431 g/mol. The molecule has 0 saturated carbocycles. The second-order valence-electron chi connectivity index (χ2n) is 8.98. The first-order valence-corrected chi connectivity index (χ1v) is 11.8. The topological polar surface area (TPSA) is 43.7 Å². The maximum Gasteiger partial charge on any atom is 0.270 e. The quantitative estimate of drug-likeness (QED) is 0.461. The second kappa shape index (κ2) is 10.3. The van der Waals surface area contributed by atoms with Crippen LogP contribution in [0, 0.1) is 12.7 Å². The summed E-state index contributed by atoms with van der Waals surface area (Å²) in [6.45, 7) is 3.22. The summed E-state index contributed by atoms with van der Waals surface area (Å²) < 4.78 is 26.4. The molecule has 0 fully saturated rings. The van der Waals surface area contributed by atoms with Crippen molar-refractivity contribution >= 4 is 5.91 Å². The smallest absolute Gasteiger partial charge is 0.270 e. The zero-order valence-corrected chi connectivity index (χ0v) is 20.5. The number of nitrogens with zero attached hydrogens (tertiary/aromatic N) is 2. The van der Waals surface area contributed by atoms with Gasteiger partial charge in [-0.3, -0.25) is 4.79 Å². The van der Waals surface area contributed by atoms with E-state index in [9.17, 15) is 9.18 Å². The van der Waals surface area contributed by atoms with E-state index in [1.165, 1.54) is 23.4 Å². The highest BCUT2D eigenvalue weighted by atomic mass is 19.1. The summed E-state index contributed by atoms with van der Waals surface area (Å²) in [7, 11) is 5.10. The molecule has 0 saturated heterocycles. The third-order valence-electron chi connectivity index (χ3n) is 6.83. The molecule has 1 aliphatic rings. The van der Waals surface area contributed by atoms with Crippen LogP contribution >= 0.6 is 0 Å². The van der Waals surface area contributed by atoms with Crippen molar-refractivity contribution in [2.75, 3.05) is 27.8 Å². The van der Waals surface area contributed by atoms with Gasteiger partial charge >= 0.3 is 0 Å². The van der Waals surface area contributed by atoms with E-state index in [0.717, 1.165) is 48.1 Å². The Morgan fingerprint density at radius 2 is 1.68 bits per heavy atom. The van der Waals surface area contributed by atoms with Crippen LogP contribution in [0.25, 0.3) is 0 Å². The number of ether oxygens (including phenoxy) is 2. The molecule has 0 aliphatic heterocycles. The SMILES string of the molecule is COc1ccc(CCN(C)C(=O)c2c(C)c3c(n2Cc2ccc(F)cc2)CCCC3)cc1OC. The summed E-state index contributed by atoms with van der Waals surface area (Å²) in [5.74, 6) is 1.15. The molecule has 0 atom stereocenters. The van der Waals surface area contributed by atoms with Gasteiger partial charge in [0.1, 0.15) is 11.5 Å². The van der Waals surface area contributed by atoms with E-state index in [1.54, 1.807) is 31.3 Å². The average Bonchev–Trinajstić information content (AvgIpc) is 3.14. The van der Waals surface area contributed by atoms with Crippen LogP contribution in [0.5, 0.6) is 11.5 Å². The number of benzene rings is 2. The Morgan fingerprint density at radius 3 is 2.38 bits per heavy atom. The predicted octanol–water partition coefficient (Wildman–Crippen LogP) is 5.19. The van der Waals surface area contributed by atoms with Crippen LogP contribution in [0.4, 0.5) is 4.39 Å². The molecule has 0 unspecified atom stereocenters. The molecule has 6 heteroatoms. The molecule has 0 bridgehead atoms. The predicted molar refractivity (Wildman–Crippen MR) is 132 cm³/mol. The lowest BCUT2D eigenvalue weighted by Crippen LogP contribution is -2.31. The molecule has 0 spiro atoms.